The Hall–Kier alpha value is -4.10. The monoisotopic (exact) mass is 661 g/mol. The van der Waals surface area contributed by atoms with Crippen molar-refractivity contribution in [3.05, 3.63) is 80.4 Å². The molecule has 0 aromatic heterocycles. The number of amides is 5. The van der Waals surface area contributed by atoms with Gasteiger partial charge in [-0.05, 0) is 94.9 Å². The van der Waals surface area contributed by atoms with Crippen molar-refractivity contribution in [2.75, 3.05) is 31.0 Å². The molecule has 10 nitrogen and oxygen atoms in total. The Morgan fingerprint density at radius 1 is 1.03 bits per heavy atom. The quantitative estimate of drug-likeness (QED) is 0.205. The molecular weight excluding hydrogens is 641 g/mol. The lowest BCUT2D eigenvalue weighted by molar-refractivity contribution is -0.122. The van der Waals surface area contributed by atoms with E-state index >= 15 is 0 Å². The van der Waals surface area contributed by atoms with Crippen LogP contribution in [0, 0.1) is 3.57 Å². The van der Waals surface area contributed by atoms with E-state index in [1.165, 1.54) is 32.4 Å². The highest BCUT2D eigenvalue weighted by molar-refractivity contribution is 14.1. The number of imide groups is 2. The number of methoxy groups -OCH3 is 2. The third-order valence-corrected chi connectivity index (χ3v) is 6.52. The van der Waals surface area contributed by atoms with E-state index in [-0.39, 0.29) is 23.6 Å². The minimum Gasteiger partial charge on any atom is -0.497 e. The Bertz CT molecular complexity index is 1470. The number of nitrogens with one attached hydrogen (secondary N) is 2. The fourth-order valence-corrected chi connectivity index (χ4v) is 4.53. The van der Waals surface area contributed by atoms with E-state index in [1.807, 2.05) is 22.6 Å². The lowest BCUT2D eigenvalue weighted by Crippen LogP contribution is -2.54. The maximum absolute atomic E-state index is 13.2. The van der Waals surface area contributed by atoms with Crippen molar-refractivity contribution >= 4 is 75.4 Å². The Morgan fingerprint density at radius 3 is 2.36 bits per heavy atom. The average Bonchev–Trinajstić information content (AvgIpc) is 2.91. The molecule has 12 heteroatoms. The van der Waals surface area contributed by atoms with Gasteiger partial charge in [0.05, 0.1) is 23.5 Å². The van der Waals surface area contributed by atoms with Gasteiger partial charge < -0.3 is 19.5 Å². The van der Waals surface area contributed by atoms with Crippen molar-refractivity contribution < 1.29 is 33.4 Å². The molecule has 2 N–H and O–H groups in total. The van der Waals surface area contributed by atoms with E-state index < -0.39 is 23.8 Å². The van der Waals surface area contributed by atoms with E-state index in [1.54, 1.807) is 48.5 Å². The molecular formula is C27H21ClIN3O7. The number of rotatable bonds is 8. The fourth-order valence-electron chi connectivity index (χ4n) is 3.62. The third kappa shape index (κ3) is 6.49. The molecule has 0 saturated carbocycles. The Labute approximate surface area is 242 Å². The molecule has 3 aromatic rings. The van der Waals surface area contributed by atoms with Gasteiger partial charge in [-0.2, -0.15) is 0 Å². The van der Waals surface area contributed by atoms with E-state index in [0.29, 0.717) is 31.3 Å². The summed E-state index contributed by atoms with van der Waals surface area (Å²) in [5.74, 6) is -0.887. The second-order valence-corrected chi connectivity index (χ2v) is 9.63. The Balaban J connectivity index is 1.54. The predicted octanol–water partition coefficient (Wildman–Crippen LogP) is 4.65. The normalized spacial score (nSPS) is 14.2. The molecule has 0 atom stereocenters. The zero-order valence-electron chi connectivity index (χ0n) is 20.6. The summed E-state index contributed by atoms with van der Waals surface area (Å²) in [6.45, 7) is -0.296. The molecule has 1 fully saturated rings. The van der Waals surface area contributed by atoms with Gasteiger partial charge in [0.25, 0.3) is 17.7 Å². The van der Waals surface area contributed by atoms with Crippen LogP contribution in [0.5, 0.6) is 17.2 Å². The molecule has 1 heterocycles. The highest BCUT2D eigenvalue weighted by Crippen LogP contribution is 2.35. The molecule has 0 unspecified atom stereocenters. The Kier molecular flexibility index (Phi) is 8.72. The topological polar surface area (TPSA) is 123 Å². The summed E-state index contributed by atoms with van der Waals surface area (Å²) >= 11 is 7.86. The number of urea groups is 1. The van der Waals surface area contributed by atoms with Crippen molar-refractivity contribution in [3.8, 4) is 17.2 Å². The molecule has 0 bridgehead atoms. The molecule has 0 radical (unpaired) electrons. The summed E-state index contributed by atoms with van der Waals surface area (Å²) in [6.07, 6.45) is 1.35. The highest BCUT2D eigenvalue weighted by Gasteiger charge is 2.37. The summed E-state index contributed by atoms with van der Waals surface area (Å²) in [6, 6.07) is 15.2. The van der Waals surface area contributed by atoms with Gasteiger partial charge in [0.15, 0.2) is 18.1 Å². The summed E-state index contributed by atoms with van der Waals surface area (Å²) in [5, 5.41) is 5.44. The largest absolute Gasteiger partial charge is 0.497 e. The zero-order valence-corrected chi connectivity index (χ0v) is 23.5. The van der Waals surface area contributed by atoms with Crippen LogP contribution in [0.25, 0.3) is 6.08 Å². The second-order valence-electron chi connectivity index (χ2n) is 8.03. The first-order valence-corrected chi connectivity index (χ1v) is 12.8. The van der Waals surface area contributed by atoms with Gasteiger partial charge in [0.2, 0.25) is 0 Å². The molecule has 200 valence electrons. The van der Waals surface area contributed by atoms with Gasteiger partial charge in [-0.1, -0.05) is 11.6 Å². The van der Waals surface area contributed by atoms with Crippen LogP contribution in [0.3, 0.4) is 0 Å². The molecule has 4 rings (SSSR count). The Morgan fingerprint density at radius 2 is 1.72 bits per heavy atom. The third-order valence-electron chi connectivity index (χ3n) is 5.47. The zero-order chi connectivity index (χ0) is 28.1. The molecule has 0 aliphatic carbocycles. The molecule has 1 aliphatic rings. The van der Waals surface area contributed by atoms with Gasteiger partial charge in [-0.25, -0.2) is 9.69 Å². The second kappa shape index (κ2) is 12.2. The SMILES string of the molecule is COc1ccc(N2C(=O)NC(=O)/C(=C\c3cc(I)c(OCC(=O)Nc4ccc(Cl)cc4)c(OC)c3)C2=O)cc1. The minimum atomic E-state index is -0.861. The van der Waals surface area contributed by atoms with Crippen molar-refractivity contribution in [1.82, 2.24) is 5.32 Å². The van der Waals surface area contributed by atoms with Crippen LogP contribution in [0.4, 0.5) is 16.2 Å². The van der Waals surface area contributed by atoms with Crippen LogP contribution in [0.15, 0.2) is 66.2 Å². The van der Waals surface area contributed by atoms with E-state index in [4.69, 9.17) is 25.8 Å². The number of hydrogen-bond donors (Lipinski definition) is 2. The average molecular weight is 662 g/mol. The number of halogens is 2. The summed E-state index contributed by atoms with van der Waals surface area (Å²) in [7, 11) is 2.92. The van der Waals surface area contributed by atoms with Gasteiger partial charge >= 0.3 is 6.03 Å². The predicted molar refractivity (Wildman–Crippen MR) is 153 cm³/mol. The summed E-state index contributed by atoms with van der Waals surface area (Å²) in [4.78, 5) is 51.4. The maximum atomic E-state index is 13.2. The van der Waals surface area contributed by atoms with Crippen LogP contribution in [-0.4, -0.2) is 44.6 Å². The minimum absolute atomic E-state index is 0.251. The van der Waals surface area contributed by atoms with E-state index in [0.717, 1.165) is 4.90 Å². The van der Waals surface area contributed by atoms with Crippen LogP contribution in [0.1, 0.15) is 5.56 Å². The smallest absolute Gasteiger partial charge is 0.335 e. The lowest BCUT2D eigenvalue weighted by Gasteiger charge is -2.26. The van der Waals surface area contributed by atoms with Crippen molar-refractivity contribution in [1.29, 1.82) is 0 Å². The first-order chi connectivity index (χ1) is 18.7. The van der Waals surface area contributed by atoms with E-state index in [2.05, 4.69) is 10.6 Å². The maximum Gasteiger partial charge on any atom is 0.335 e. The van der Waals surface area contributed by atoms with Crippen LogP contribution < -0.4 is 29.7 Å². The molecule has 5 amide bonds. The highest BCUT2D eigenvalue weighted by atomic mass is 127. The molecule has 1 saturated heterocycles. The fraction of sp³-hybridized carbons (Fsp3) is 0.111. The van der Waals surface area contributed by atoms with Crippen LogP contribution in [-0.2, 0) is 14.4 Å². The van der Waals surface area contributed by atoms with Crippen molar-refractivity contribution in [2.24, 2.45) is 0 Å². The van der Waals surface area contributed by atoms with Gasteiger partial charge in [0.1, 0.15) is 11.3 Å². The summed E-state index contributed by atoms with van der Waals surface area (Å²) in [5.41, 5.74) is 1.02. The number of benzene rings is 3. The van der Waals surface area contributed by atoms with Crippen LogP contribution >= 0.6 is 34.2 Å². The molecule has 1 aliphatic heterocycles. The number of anilines is 2. The van der Waals surface area contributed by atoms with Crippen molar-refractivity contribution in [3.63, 3.8) is 0 Å². The number of nitrogens with zero attached hydrogens (tertiary/aromatic N) is 1. The van der Waals surface area contributed by atoms with Gasteiger partial charge in [0, 0.05) is 10.7 Å². The number of ether oxygens (including phenoxy) is 3. The summed E-state index contributed by atoms with van der Waals surface area (Å²) < 4.78 is 16.8. The number of hydrogen-bond acceptors (Lipinski definition) is 7. The lowest BCUT2D eigenvalue weighted by atomic mass is 10.1. The number of carbonyl (C=O) groups excluding carboxylic acids is 4. The molecule has 39 heavy (non-hydrogen) atoms. The first kappa shape index (κ1) is 27.9. The molecule has 0 spiro atoms. The van der Waals surface area contributed by atoms with Gasteiger partial charge in [-0.3, -0.25) is 19.7 Å². The number of carbonyl (C=O) groups is 4. The van der Waals surface area contributed by atoms with Crippen molar-refractivity contribution in [2.45, 2.75) is 0 Å². The van der Waals surface area contributed by atoms with Gasteiger partial charge in [-0.15, -0.1) is 0 Å². The number of barbiturate groups is 1. The van der Waals surface area contributed by atoms with Crippen LogP contribution in [0.2, 0.25) is 5.02 Å². The standard InChI is InChI=1S/C27H21ClIN3O7/c1-37-19-9-7-18(8-10-19)32-26(35)20(25(34)31-27(32)36)11-15-12-21(29)24(22(13-15)38-2)39-14-23(33)30-17-5-3-16(28)4-6-17/h3-13H,14H2,1-2H3,(H,30,33)(H,31,34,36)/b20-11+. The first-order valence-electron chi connectivity index (χ1n) is 11.3. The molecule has 3 aromatic carbocycles. The van der Waals surface area contributed by atoms with E-state index in [9.17, 15) is 19.2 Å².